The smallest absolute Gasteiger partial charge is 0.339 e. The van der Waals surface area contributed by atoms with Crippen molar-refractivity contribution in [1.29, 1.82) is 0 Å². The van der Waals surface area contributed by atoms with Gasteiger partial charge in [0, 0.05) is 25.9 Å². The number of carbonyl (C=O) groups is 4. The molecule has 160 valence electrons. The molecule has 0 spiro atoms. The van der Waals surface area contributed by atoms with Gasteiger partial charge < -0.3 is 20.1 Å². The first-order chi connectivity index (χ1) is 15.0. The largest absolute Gasteiger partial charge is 0.448 e. The summed E-state index contributed by atoms with van der Waals surface area (Å²) in [7, 11) is 0. The number of fused-ring (bicyclic) bond motifs is 2. The molecule has 2 amide bonds. The van der Waals surface area contributed by atoms with Gasteiger partial charge in [-0.15, -0.1) is 0 Å². The van der Waals surface area contributed by atoms with Gasteiger partial charge in [0.1, 0.15) is 0 Å². The van der Waals surface area contributed by atoms with Crippen molar-refractivity contribution in [3.63, 3.8) is 0 Å². The maximum Gasteiger partial charge on any atom is 0.339 e. The van der Waals surface area contributed by atoms with Crippen LogP contribution in [0.4, 0.5) is 0 Å². The zero-order chi connectivity index (χ0) is 21.8. The lowest BCUT2D eigenvalue weighted by atomic mass is 9.98. The summed E-state index contributed by atoms with van der Waals surface area (Å²) in [6.45, 7) is 0.615. The van der Waals surface area contributed by atoms with E-state index in [2.05, 4.69) is 10.6 Å². The van der Waals surface area contributed by atoms with Crippen LogP contribution in [0.5, 0.6) is 0 Å². The minimum absolute atomic E-state index is 0.308. The molecule has 4 rings (SSSR count). The van der Waals surface area contributed by atoms with E-state index < -0.39 is 24.1 Å². The maximum atomic E-state index is 12.3. The number of esters is 2. The molecule has 0 aliphatic carbocycles. The molecular formula is C23H22N2O6. The van der Waals surface area contributed by atoms with E-state index in [1.165, 1.54) is 0 Å². The molecule has 2 aromatic carbocycles. The van der Waals surface area contributed by atoms with E-state index in [-0.39, 0.29) is 11.8 Å². The third kappa shape index (κ3) is 4.58. The number of cyclic esters (lactones) is 2. The Morgan fingerprint density at radius 1 is 0.742 bits per heavy atom. The van der Waals surface area contributed by atoms with Gasteiger partial charge in [0.05, 0.1) is 11.1 Å². The van der Waals surface area contributed by atoms with Crippen LogP contribution in [0.25, 0.3) is 0 Å². The van der Waals surface area contributed by atoms with Crippen LogP contribution < -0.4 is 10.6 Å². The molecule has 8 nitrogen and oxygen atoms in total. The van der Waals surface area contributed by atoms with Gasteiger partial charge in [0.15, 0.2) is 12.2 Å². The number of hydrogen-bond acceptors (Lipinski definition) is 6. The summed E-state index contributed by atoms with van der Waals surface area (Å²) in [6, 6.07) is 14.1. The minimum Gasteiger partial charge on any atom is -0.448 e. The molecule has 31 heavy (non-hydrogen) atoms. The van der Waals surface area contributed by atoms with Crippen LogP contribution in [-0.2, 0) is 31.9 Å². The Morgan fingerprint density at radius 2 is 1.16 bits per heavy atom. The number of amides is 2. The van der Waals surface area contributed by atoms with Gasteiger partial charge in [0.2, 0.25) is 0 Å². The number of nitrogens with one attached hydrogen (secondary N) is 2. The second-order valence-corrected chi connectivity index (χ2v) is 7.45. The maximum absolute atomic E-state index is 12.3. The summed E-state index contributed by atoms with van der Waals surface area (Å²) in [5.41, 5.74) is 2.55. The van der Waals surface area contributed by atoms with Gasteiger partial charge in [-0.3, -0.25) is 9.59 Å². The van der Waals surface area contributed by atoms with E-state index in [4.69, 9.17) is 9.47 Å². The van der Waals surface area contributed by atoms with E-state index in [9.17, 15) is 19.2 Å². The highest BCUT2D eigenvalue weighted by atomic mass is 16.6. The van der Waals surface area contributed by atoms with E-state index in [1.54, 1.807) is 24.3 Å². The molecule has 0 radical (unpaired) electrons. The molecule has 2 aromatic rings. The van der Waals surface area contributed by atoms with Crippen LogP contribution in [-0.4, -0.2) is 49.1 Å². The number of benzene rings is 2. The van der Waals surface area contributed by atoms with Crippen LogP contribution in [0, 0.1) is 0 Å². The van der Waals surface area contributed by atoms with Crippen molar-refractivity contribution in [2.75, 3.05) is 13.1 Å². The normalized spacial score (nSPS) is 19.4. The van der Waals surface area contributed by atoms with E-state index in [0.717, 1.165) is 11.1 Å². The molecule has 8 heteroatoms. The predicted molar refractivity (Wildman–Crippen MR) is 109 cm³/mol. The van der Waals surface area contributed by atoms with Crippen LogP contribution >= 0.6 is 0 Å². The van der Waals surface area contributed by atoms with Gasteiger partial charge in [-0.05, 0) is 29.7 Å². The lowest BCUT2D eigenvalue weighted by Crippen LogP contribution is -2.44. The number of rotatable bonds is 6. The van der Waals surface area contributed by atoms with Crippen LogP contribution in [0.3, 0.4) is 0 Å². The van der Waals surface area contributed by atoms with Crippen LogP contribution in [0.1, 0.15) is 38.3 Å². The molecule has 2 aliphatic heterocycles. The first kappa shape index (κ1) is 20.6. The quantitative estimate of drug-likeness (QED) is 0.534. The average Bonchev–Trinajstić information content (AvgIpc) is 2.78. The van der Waals surface area contributed by atoms with Gasteiger partial charge in [-0.2, -0.15) is 0 Å². The van der Waals surface area contributed by atoms with E-state index >= 15 is 0 Å². The zero-order valence-electron chi connectivity index (χ0n) is 16.8. The first-order valence-corrected chi connectivity index (χ1v) is 10.2. The van der Waals surface area contributed by atoms with Crippen LogP contribution in [0.2, 0.25) is 0 Å². The highest BCUT2D eigenvalue weighted by Gasteiger charge is 2.32. The fourth-order valence-electron chi connectivity index (χ4n) is 3.69. The summed E-state index contributed by atoms with van der Waals surface area (Å²) in [4.78, 5) is 48.7. The van der Waals surface area contributed by atoms with E-state index in [0.29, 0.717) is 43.5 Å². The summed E-state index contributed by atoms with van der Waals surface area (Å²) < 4.78 is 10.4. The minimum atomic E-state index is -0.862. The lowest BCUT2D eigenvalue weighted by Gasteiger charge is -2.24. The molecule has 2 atom stereocenters. The average molecular weight is 422 g/mol. The summed E-state index contributed by atoms with van der Waals surface area (Å²) in [5.74, 6) is -1.74. The highest BCUT2D eigenvalue weighted by molar-refractivity contribution is 5.96. The fraction of sp³-hybridized carbons (Fsp3) is 0.304. The van der Waals surface area contributed by atoms with Crippen molar-refractivity contribution in [3.05, 3.63) is 70.8 Å². The van der Waals surface area contributed by atoms with Crippen LogP contribution in [0.15, 0.2) is 48.5 Å². The monoisotopic (exact) mass is 422 g/mol. The second-order valence-electron chi connectivity index (χ2n) is 7.45. The Bertz CT molecular complexity index is 953. The fourth-order valence-corrected chi connectivity index (χ4v) is 3.69. The second kappa shape index (κ2) is 8.99. The SMILES string of the molecule is O=C1OC(C(=O)NCCCNC(=O)C2Cc3ccccc3C(=O)O2)Cc2ccccc21. The Labute approximate surface area is 178 Å². The molecule has 0 bridgehead atoms. The molecule has 2 heterocycles. The van der Waals surface area contributed by atoms with Gasteiger partial charge in [-0.25, -0.2) is 9.59 Å². The lowest BCUT2D eigenvalue weighted by molar-refractivity contribution is -0.130. The van der Waals surface area contributed by atoms with Gasteiger partial charge in [0.25, 0.3) is 11.8 Å². The summed E-state index contributed by atoms with van der Waals surface area (Å²) in [6.07, 6.45) is -0.582. The van der Waals surface area contributed by atoms with Crippen molar-refractivity contribution >= 4 is 23.8 Å². The molecule has 0 aromatic heterocycles. The molecule has 2 unspecified atom stereocenters. The van der Waals surface area contributed by atoms with Gasteiger partial charge in [-0.1, -0.05) is 36.4 Å². The van der Waals surface area contributed by atoms with Gasteiger partial charge >= 0.3 is 11.9 Å². The highest BCUT2D eigenvalue weighted by Crippen LogP contribution is 2.21. The van der Waals surface area contributed by atoms with Crippen molar-refractivity contribution in [2.45, 2.75) is 31.5 Å². The van der Waals surface area contributed by atoms with Crippen molar-refractivity contribution in [1.82, 2.24) is 10.6 Å². The third-order valence-electron chi connectivity index (χ3n) is 5.32. The van der Waals surface area contributed by atoms with Crippen molar-refractivity contribution in [3.8, 4) is 0 Å². The molecule has 2 N–H and O–H groups in total. The number of carbonyl (C=O) groups excluding carboxylic acids is 4. The molecular weight excluding hydrogens is 400 g/mol. The Kier molecular flexibility index (Phi) is 5.97. The molecule has 2 aliphatic rings. The Balaban J connectivity index is 1.19. The standard InChI is InChI=1S/C23H22N2O6/c26-20(18-12-14-6-1-3-8-16(14)22(28)30-18)24-10-5-11-25-21(27)19-13-15-7-2-4-9-17(15)23(29)31-19/h1-4,6-9,18-19H,5,10-13H2,(H,24,26)(H,25,27). The molecule has 0 fully saturated rings. The number of ether oxygens (including phenoxy) is 2. The zero-order valence-corrected chi connectivity index (χ0v) is 16.8. The molecule has 0 saturated carbocycles. The van der Waals surface area contributed by atoms with E-state index in [1.807, 2.05) is 24.3 Å². The predicted octanol–water partition coefficient (Wildman–Crippen LogP) is 1.17. The summed E-state index contributed by atoms with van der Waals surface area (Å²) >= 11 is 0. The molecule has 0 saturated heterocycles. The Hall–Kier alpha value is -3.68. The van der Waals surface area contributed by atoms with Crippen molar-refractivity contribution in [2.24, 2.45) is 0 Å². The summed E-state index contributed by atoms with van der Waals surface area (Å²) in [5, 5.41) is 5.45. The topological polar surface area (TPSA) is 111 Å². The third-order valence-corrected chi connectivity index (χ3v) is 5.32. The van der Waals surface area contributed by atoms with Crippen molar-refractivity contribution < 1.29 is 28.7 Å². The first-order valence-electron chi connectivity index (χ1n) is 10.2. The Morgan fingerprint density at radius 3 is 1.61 bits per heavy atom. The number of hydrogen-bond donors (Lipinski definition) is 2.